The molecule has 0 aromatic carbocycles. The molecule has 1 aliphatic rings. The average molecular weight is 404 g/mol. The third-order valence-corrected chi connectivity index (χ3v) is 2.38. The van der Waals surface area contributed by atoms with Crippen LogP contribution in [0.1, 0.15) is 34.1 Å². The van der Waals surface area contributed by atoms with Gasteiger partial charge in [-0.3, -0.25) is 0 Å². The Labute approximate surface area is 115 Å². The van der Waals surface area contributed by atoms with Gasteiger partial charge in [0.1, 0.15) is 0 Å². The van der Waals surface area contributed by atoms with Crippen LogP contribution in [0.5, 0.6) is 0 Å². The van der Waals surface area contributed by atoms with E-state index in [0.29, 0.717) is 0 Å². The van der Waals surface area contributed by atoms with E-state index in [2.05, 4.69) is 47.6 Å². The van der Waals surface area contributed by atoms with Crippen molar-refractivity contribution in [3.63, 3.8) is 0 Å². The molecule has 3 radical (unpaired) electrons. The van der Waals surface area contributed by atoms with E-state index in [0.717, 1.165) is 6.42 Å². The molecular weight excluding hydrogens is 384 g/mol. The Hall–Kier alpha value is 0.289. The van der Waals surface area contributed by atoms with E-state index in [1.54, 1.807) is 6.08 Å². The summed E-state index contributed by atoms with van der Waals surface area (Å²) in [5, 5.41) is 0. The SMILES string of the molecule is C=CC[CH2-].C[C]1[CH-]C(C)=C(C)[C]1C.[Cl-].[Ir]. The predicted octanol–water partition coefficient (Wildman–Crippen LogP) is 1.13. The summed E-state index contributed by atoms with van der Waals surface area (Å²) in [4.78, 5) is 0. The molecule has 0 aromatic heterocycles. The van der Waals surface area contributed by atoms with E-state index in [4.69, 9.17) is 0 Å². The zero-order chi connectivity index (χ0) is 10.4. The van der Waals surface area contributed by atoms with Gasteiger partial charge in [-0.15, -0.1) is 19.6 Å². The van der Waals surface area contributed by atoms with Crippen molar-refractivity contribution < 1.29 is 32.5 Å². The summed E-state index contributed by atoms with van der Waals surface area (Å²) in [6.07, 6.45) is 4.84. The van der Waals surface area contributed by atoms with E-state index in [1.165, 1.54) is 23.0 Å². The van der Waals surface area contributed by atoms with Gasteiger partial charge in [0.05, 0.1) is 0 Å². The second-order valence-corrected chi connectivity index (χ2v) is 3.34. The van der Waals surface area contributed by atoms with Crippen LogP contribution in [0.4, 0.5) is 0 Å². The van der Waals surface area contributed by atoms with Gasteiger partial charge in [-0.1, -0.05) is 32.6 Å². The summed E-state index contributed by atoms with van der Waals surface area (Å²) in [6.45, 7) is 15.6. The van der Waals surface area contributed by atoms with E-state index >= 15 is 0 Å². The standard InChI is InChI=1S/C9H13.C4H7.ClH.Ir/c1-6-5-7(2)9(4)8(6)3;1-3-4-2;;/h5H,1-4H3;3H,1-2,4H2;1H;/q2*-1;;/p-1. The second-order valence-electron chi connectivity index (χ2n) is 3.34. The van der Waals surface area contributed by atoms with Crippen molar-refractivity contribution in [2.24, 2.45) is 0 Å². The number of rotatable bonds is 1. The minimum atomic E-state index is 0. The predicted molar refractivity (Wildman–Crippen MR) is 60.7 cm³/mol. The van der Waals surface area contributed by atoms with E-state index in [-0.39, 0.29) is 32.5 Å². The van der Waals surface area contributed by atoms with Crippen LogP contribution in [0.15, 0.2) is 23.8 Å². The van der Waals surface area contributed by atoms with Crippen molar-refractivity contribution in [2.45, 2.75) is 34.1 Å². The van der Waals surface area contributed by atoms with Crippen molar-refractivity contribution in [1.29, 1.82) is 0 Å². The van der Waals surface area contributed by atoms with Crippen LogP contribution in [-0.2, 0) is 20.1 Å². The summed E-state index contributed by atoms with van der Waals surface area (Å²) in [5.74, 6) is 2.87. The molecule has 0 heterocycles. The fourth-order valence-electron chi connectivity index (χ4n) is 1.13. The number of hydrogen-bond donors (Lipinski definition) is 0. The molecule has 91 valence electrons. The third-order valence-electron chi connectivity index (χ3n) is 2.38. The van der Waals surface area contributed by atoms with Gasteiger partial charge >= 0.3 is 0 Å². The Bertz CT molecular complexity index is 197. The Morgan fingerprint density at radius 3 is 1.73 bits per heavy atom. The van der Waals surface area contributed by atoms with E-state index < -0.39 is 0 Å². The van der Waals surface area contributed by atoms with Crippen LogP contribution >= 0.6 is 0 Å². The Balaban J connectivity index is -0.000000213. The van der Waals surface area contributed by atoms with Gasteiger partial charge in [0.2, 0.25) is 0 Å². The fraction of sp³-hybridized carbons (Fsp3) is 0.385. The van der Waals surface area contributed by atoms with Crippen molar-refractivity contribution >= 4 is 0 Å². The summed E-state index contributed by atoms with van der Waals surface area (Å²) >= 11 is 0. The van der Waals surface area contributed by atoms with Gasteiger partial charge < -0.3 is 19.3 Å². The molecule has 1 rings (SSSR count). The van der Waals surface area contributed by atoms with Gasteiger partial charge in [-0.2, -0.15) is 6.42 Å². The summed E-state index contributed by atoms with van der Waals surface area (Å²) in [6, 6.07) is 0. The summed E-state index contributed by atoms with van der Waals surface area (Å²) in [5.41, 5.74) is 2.87. The van der Waals surface area contributed by atoms with Crippen LogP contribution in [0.25, 0.3) is 0 Å². The van der Waals surface area contributed by atoms with Gasteiger partial charge in [0.15, 0.2) is 0 Å². The molecule has 0 bridgehead atoms. The molecule has 15 heavy (non-hydrogen) atoms. The van der Waals surface area contributed by atoms with Crippen molar-refractivity contribution in [3.8, 4) is 0 Å². The average Bonchev–Trinajstić information content (AvgIpc) is 2.34. The number of halogens is 1. The van der Waals surface area contributed by atoms with Crippen LogP contribution in [0, 0.1) is 25.2 Å². The minimum Gasteiger partial charge on any atom is -1.00 e. The molecule has 0 nitrogen and oxygen atoms in total. The zero-order valence-corrected chi connectivity index (χ0v) is 13.1. The van der Waals surface area contributed by atoms with Gasteiger partial charge in [-0.05, 0) is 0 Å². The quantitative estimate of drug-likeness (QED) is 0.455. The van der Waals surface area contributed by atoms with Gasteiger partial charge in [-0.25, -0.2) is 17.6 Å². The second kappa shape index (κ2) is 10.8. The van der Waals surface area contributed by atoms with Crippen molar-refractivity contribution in [3.05, 3.63) is 49.0 Å². The van der Waals surface area contributed by atoms with Crippen LogP contribution in [0.3, 0.4) is 0 Å². The van der Waals surface area contributed by atoms with Crippen LogP contribution in [-0.4, -0.2) is 0 Å². The number of allylic oxidation sites excluding steroid dienone is 3. The molecule has 0 aliphatic heterocycles. The third kappa shape index (κ3) is 7.22. The Morgan fingerprint density at radius 1 is 1.27 bits per heavy atom. The van der Waals surface area contributed by atoms with Crippen molar-refractivity contribution in [2.75, 3.05) is 0 Å². The minimum absolute atomic E-state index is 0. The van der Waals surface area contributed by atoms with E-state index in [9.17, 15) is 0 Å². The molecule has 1 aliphatic carbocycles. The molecule has 0 unspecified atom stereocenters. The molecule has 0 N–H and O–H groups in total. The number of hydrogen-bond acceptors (Lipinski definition) is 0. The Kier molecular flexibility index (Phi) is 14.9. The molecule has 2 heteroatoms. The first-order valence-corrected chi connectivity index (χ1v) is 4.64. The fourth-order valence-corrected chi connectivity index (χ4v) is 1.13. The molecule has 0 spiro atoms. The topological polar surface area (TPSA) is 0 Å². The molecule has 0 amide bonds. The maximum atomic E-state index is 3.49. The Morgan fingerprint density at radius 2 is 1.67 bits per heavy atom. The largest absolute Gasteiger partial charge is 1.00 e. The molecule has 0 aromatic rings. The first kappa shape index (κ1) is 20.7. The monoisotopic (exact) mass is 404 g/mol. The first-order chi connectivity index (χ1) is 6.04. The van der Waals surface area contributed by atoms with Crippen molar-refractivity contribution in [1.82, 2.24) is 0 Å². The summed E-state index contributed by atoms with van der Waals surface area (Å²) in [7, 11) is 0. The van der Waals surface area contributed by atoms with E-state index in [1.807, 2.05) is 0 Å². The molecule has 0 atom stereocenters. The zero-order valence-electron chi connectivity index (χ0n) is 9.99. The first-order valence-electron chi connectivity index (χ1n) is 4.64. The molecular formula is C13H20ClIr-3. The van der Waals surface area contributed by atoms with Gasteiger partial charge in [0, 0.05) is 20.1 Å². The molecule has 0 fully saturated rings. The maximum absolute atomic E-state index is 3.49. The smallest absolute Gasteiger partial charge is 0 e. The molecule has 0 saturated heterocycles. The maximum Gasteiger partial charge on any atom is 0 e. The van der Waals surface area contributed by atoms with Crippen LogP contribution < -0.4 is 12.4 Å². The summed E-state index contributed by atoms with van der Waals surface area (Å²) < 4.78 is 0. The molecule has 0 saturated carbocycles. The van der Waals surface area contributed by atoms with Crippen LogP contribution in [0.2, 0.25) is 0 Å². The van der Waals surface area contributed by atoms with Gasteiger partial charge in [0.25, 0.3) is 0 Å². The normalized spacial score (nSPS) is 15.5.